The fourth-order valence-corrected chi connectivity index (χ4v) is 1.50. The van der Waals surface area contributed by atoms with Crippen LogP contribution >= 0.6 is 23.2 Å². The molecule has 0 radical (unpaired) electrons. The van der Waals surface area contributed by atoms with E-state index in [1.807, 2.05) is 31.2 Å². The Bertz CT molecular complexity index is 231. The third-order valence-electron chi connectivity index (χ3n) is 1.63. The molecule has 1 aromatic rings. The number of hydrogen-bond donors (Lipinski definition) is 0. The molecule has 0 aliphatic heterocycles. The molecule has 0 saturated heterocycles. The monoisotopic (exact) mass is 188 g/mol. The lowest BCUT2D eigenvalue weighted by molar-refractivity contribution is 1.05. The van der Waals surface area contributed by atoms with E-state index < -0.39 is 0 Å². The van der Waals surface area contributed by atoms with Crippen molar-refractivity contribution in [3.05, 3.63) is 35.4 Å². The lowest BCUT2D eigenvalue weighted by Gasteiger charge is -2.07. The average Bonchev–Trinajstić information content (AvgIpc) is 2.04. The Labute approximate surface area is 77.1 Å². The Hall–Kier alpha value is -0.200. The molecule has 0 aromatic heterocycles. The van der Waals surface area contributed by atoms with Crippen LogP contribution in [0.3, 0.4) is 0 Å². The van der Waals surface area contributed by atoms with E-state index in [1.165, 1.54) is 0 Å². The van der Waals surface area contributed by atoms with Gasteiger partial charge in [0.2, 0.25) is 0 Å². The van der Waals surface area contributed by atoms with Crippen LogP contribution < -0.4 is 0 Å². The van der Waals surface area contributed by atoms with Crippen LogP contribution in [0.5, 0.6) is 0 Å². The minimum absolute atomic E-state index is 0.0462. The summed E-state index contributed by atoms with van der Waals surface area (Å²) in [6, 6.07) is 7.96. The smallest absolute Gasteiger partial charge is 0.0560 e. The molecule has 0 spiro atoms. The summed E-state index contributed by atoms with van der Waals surface area (Å²) in [5.41, 5.74) is 2.25. The van der Waals surface area contributed by atoms with E-state index in [0.29, 0.717) is 5.88 Å². The van der Waals surface area contributed by atoms with Gasteiger partial charge in [-0.15, -0.1) is 23.2 Å². The second kappa shape index (κ2) is 3.99. The zero-order chi connectivity index (χ0) is 8.27. The van der Waals surface area contributed by atoms with Crippen LogP contribution in [0.15, 0.2) is 24.3 Å². The average molecular weight is 189 g/mol. The molecule has 1 unspecified atom stereocenters. The number of benzene rings is 1. The number of hydrogen-bond acceptors (Lipinski definition) is 0. The van der Waals surface area contributed by atoms with Crippen molar-refractivity contribution < 1.29 is 0 Å². The van der Waals surface area contributed by atoms with E-state index in [9.17, 15) is 0 Å². The third kappa shape index (κ3) is 2.11. The van der Waals surface area contributed by atoms with Crippen LogP contribution in [-0.4, -0.2) is 0 Å². The zero-order valence-corrected chi connectivity index (χ0v) is 7.86. The topological polar surface area (TPSA) is 0 Å². The van der Waals surface area contributed by atoms with Gasteiger partial charge in [0, 0.05) is 5.88 Å². The first-order valence-electron chi connectivity index (χ1n) is 3.53. The third-order valence-corrected chi connectivity index (χ3v) is 2.15. The number of rotatable bonds is 2. The van der Waals surface area contributed by atoms with Gasteiger partial charge in [-0.25, -0.2) is 0 Å². The first kappa shape index (κ1) is 8.89. The Morgan fingerprint density at radius 2 is 2.00 bits per heavy atom. The van der Waals surface area contributed by atoms with Crippen LogP contribution in [0, 0.1) is 0 Å². The maximum absolute atomic E-state index is 5.93. The largest absolute Gasteiger partial charge is 0.122 e. The second-order valence-corrected chi connectivity index (χ2v) is 3.37. The molecule has 11 heavy (non-hydrogen) atoms. The number of halogens is 2. The SMILES string of the molecule is CC(Cl)c1ccccc1CCl. The van der Waals surface area contributed by atoms with Crippen molar-refractivity contribution >= 4 is 23.2 Å². The van der Waals surface area contributed by atoms with E-state index in [1.54, 1.807) is 0 Å². The minimum atomic E-state index is 0.0462. The molecule has 1 atom stereocenters. The van der Waals surface area contributed by atoms with Gasteiger partial charge in [0.1, 0.15) is 0 Å². The van der Waals surface area contributed by atoms with Crippen LogP contribution in [0.4, 0.5) is 0 Å². The quantitative estimate of drug-likeness (QED) is 0.622. The minimum Gasteiger partial charge on any atom is -0.122 e. The number of alkyl halides is 2. The lowest BCUT2D eigenvalue weighted by atomic mass is 10.1. The van der Waals surface area contributed by atoms with Crippen LogP contribution in [0.2, 0.25) is 0 Å². The standard InChI is InChI=1S/C9H10Cl2/c1-7(11)9-5-3-2-4-8(9)6-10/h2-5,7H,6H2,1H3. The Morgan fingerprint density at radius 1 is 1.36 bits per heavy atom. The second-order valence-electron chi connectivity index (χ2n) is 2.45. The molecule has 0 N–H and O–H groups in total. The summed E-state index contributed by atoms with van der Waals surface area (Å²) in [5.74, 6) is 0.535. The van der Waals surface area contributed by atoms with Crippen molar-refractivity contribution in [3.8, 4) is 0 Å². The molecular weight excluding hydrogens is 179 g/mol. The van der Waals surface area contributed by atoms with E-state index >= 15 is 0 Å². The van der Waals surface area contributed by atoms with Crippen LogP contribution in [-0.2, 0) is 5.88 Å². The van der Waals surface area contributed by atoms with Crippen molar-refractivity contribution in [2.24, 2.45) is 0 Å². The molecule has 1 aromatic carbocycles. The fourth-order valence-electron chi connectivity index (χ4n) is 1.04. The molecular formula is C9H10Cl2. The van der Waals surface area contributed by atoms with Gasteiger partial charge >= 0.3 is 0 Å². The molecule has 0 heterocycles. The van der Waals surface area contributed by atoms with Crippen LogP contribution in [0.25, 0.3) is 0 Å². The van der Waals surface area contributed by atoms with E-state index in [4.69, 9.17) is 23.2 Å². The van der Waals surface area contributed by atoms with Crippen molar-refractivity contribution in [2.75, 3.05) is 0 Å². The van der Waals surface area contributed by atoms with Gasteiger partial charge < -0.3 is 0 Å². The van der Waals surface area contributed by atoms with Crippen LogP contribution in [0.1, 0.15) is 23.4 Å². The van der Waals surface area contributed by atoms with Crippen molar-refractivity contribution in [1.29, 1.82) is 0 Å². The zero-order valence-electron chi connectivity index (χ0n) is 6.35. The summed E-state index contributed by atoms with van der Waals surface area (Å²) in [6.45, 7) is 1.95. The van der Waals surface area contributed by atoms with Crippen molar-refractivity contribution in [3.63, 3.8) is 0 Å². The van der Waals surface area contributed by atoms with E-state index in [-0.39, 0.29) is 5.38 Å². The maximum Gasteiger partial charge on any atom is 0.0560 e. The summed E-state index contributed by atoms with van der Waals surface area (Å²) in [5, 5.41) is 0.0462. The van der Waals surface area contributed by atoms with Gasteiger partial charge in [0.05, 0.1) is 5.38 Å². The highest BCUT2D eigenvalue weighted by Gasteiger charge is 2.04. The molecule has 2 heteroatoms. The van der Waals surface area contributed by atoms with E-state index in [2.05, 4.69) is 0 Å². The Kier molecular flexibility index (Phi) is 3.22. The predicted octanol–water partition coefficient (Wildman–Crippen LogP) is 3.73. The molecule has 1 rings (SSSR count). The molecule has 60 valence electrons. The molecule has 0 nitrogen and oxygen atoms in total. The normalized spacial score (nSPS) is 13.0. The van der Waals surface area contributed by atoms with Crippen molar-refractivity contribution in [1.82, 2.24) is 0 Å². The van der Waals surface area contributed by atoms with Gasteiger partial charge in [-0.05, 0) is 18.1 Å². The van der Waals surface area contributed by atoms with Gasteiger partial charge in [-0.3, -0.25) is 0 Å². The summed E-state index contributed by atoms with van der Waals surface area (Å²) >= 11 is 11.6. The molecule has 0 aliphatic carbocycles. The van der Waals surface area contributed by atoms with Gasteiger partial charge in [0.15, 0.2) is 0 Å². The fraction of sp³-hybridized carbons (Fsp3) is 0.333. The maximum atomic E-state index is 5.93. The lowest BCUT2D eigenvalue weighted by Crippen LogP contribution is -1.90. The molecule has 0 fully saturated rings. The summed E-state index contributed by atoms with van der Waals surface area (Å²) in [4.78, 5) is 0. The predicted molar refractivity (Wildman–Crippen MR) is 50.3 cm³/mol. The molecule has 0 aliphatic rings. The van der Waals surface area contributed by atoms with Gasteiger partial charge in [-0.2, -0.15) is 0 Å². The summed E-state index contributed by atoms with van der Waals surface area (Å²) < 4.78 is 0. The molecule has 0 amide bonds. The molecule has 0 saturated carbocycles. The summed E-state index contributed by atoms with van der Waals surface area (Å²) in [7, 11) is 0. The van der Waals surface area contributed by atoms with E-state index in [0.717, 1.165) is 11.1 Å². The van der Waals surface area contributed by atoms with Gasteiger partial charge in [-0.1, -0.05) is 24.3 Å². The highest BCUT2D eigenvalue weighted by molar-refractivity contribution is 6.21. The first-order valence-corrected chi connectivity index (χ1v) is 4.50. The summed E-state index contributed by atoms with van der Waals surface area (Å²) in [6.07, 6.45) is 0. The first-order chi connectivity index (χ1) is 5.25. The Morgan fingerprint density at radius 3 is 2.45 bits per heavy atom. The molecule has 0 bridgehead atoms. The Balaban J connectivity index is 3.02. The highest BCUT2D eigenvalue weighted by atomic mass is 35.5. The van der Waals surface area contributed by atoms with Crippen molar-refractivity contribution in [2.45, 2.75) is 18.2 Å². The van der Waals surface area contributed by atoms with Gasteiger partial charge in [0.25, 0.3) is 0 Å². The highest BCUT2D eigenvalue weighted by Crippen LogP contribution is 2.23.